The first-order valence-corrected chi connectivity index (χ1v) is 6.86. The van der Waals surface area contributed by atoms with Crippen LogP contribution in [0.4, 0.5) is 0 Å². The van der Waals surface area contributed by atoms with Gasteiger partial charge in [0.2, 0.25) is 0 Å². The Labute approximate surface area is 107 Å². The fourth-order valence-electron chi connectivity index (χ4n) is 1.43. The van der Waals surface area contributed by atoms with Gasteiger partial charge in [-0.3, -0.25) is 4.79 Å². The first-order chi connectivity index (χ1) is 8.22. The van der Waals surface area contributed by atoms with Gasteiger partial charge in [-0.15, -0.1) is 0 Å². The van der Waals surface area contributed by atoms with Crippen LogP contribution in [0.5, 0.6) is 0 Å². The summed E-state index contributed by atoms with van der Waals surface area (Å²) in [6, 6.07) is 3.37. The SMILES string of the molecule is Cc1cscc1C(=O)N[C@H](C#N)c1ccsc1. The van der Waals surface area contributed by atoms with E-state index in [4.69, 9.17) is 5.26 Å². The average molecular weight is 262 g/mol. The highest BCUT2D eigenvalue weighted by Gasteiger charge is 2.16. The van der Waals surface area contributed by atoms with Crippen LogP contribution in [-0.2, 0) is 0 Å². The number of carbonyl (C=O) groups is 1. The minimum Gasteiger partial charge on any atom is -0.332 e. The second-order valence-corrected chi connectivity index (χ2v) is 5.08. The maximum absolute atomic E-state index is 11.9. The summed E-state index contributed by atoms with van der Waals surface area (Å²) < 4.78 is 0. The molecule has 2 heterocycles. The third-order valence-electron chi connectivity index (χ3n) is 2.38. The lowest BCUT2D eigenvalue weighted by Gasteiger charge is -2.09. The first kappa shape index (κ1) is 11.8. The Morgan fingerprint density at radius 2 is 2.24 bits per heavy atom. The van der Waals surface area contributed by atoms with Crippen LogP contribution in [0, 0.1) is 18.3 Å². The van der Waals surface area contributed by atoms with E-state index < -0.39 is 6.04 Å². The standard InChI is InChI=1S/C12H10N2OS2/c1-8-5-17-7-10(8)12(15)14-11(4-13)9-2-3-16-6-9/h2-3,5-7,11H,1H3,(H,14,15)/t11-/m1/s1. The second kappa shape index (κ2) is 5.13. The van der Waals surface area contributed by atoms with Gasteiger partial charge in [0.15, 0.2) is 0 Å². The molecule has 0 aliphatic carbocycles. The molecule has 0 saturated carbocycles. The quantitative estimate of drug-likeness (QED) is 0.924. The van der Waals surface area contributed by atoms with Crippen LogP contribution in [-0.4, -0.2) is 5.91 Å². The van der Waals surface area contributed by atoms with E-state index in [1.54, 1.807) is 5.38 Å². The molecule has 86 valence electrons. The van der Waals surface area contributed by atoms with Crippen molar-refractivity contribution in [1.82, 2.24) is 5.32 Å². The van der Waals surface area contributed by atoms with Crippen LogP contribution in [0.3, 0.4) is 0 Å². The summed E-state index contributed by atoms with van der Waals surface area (Å²) in [7, 11) is 0. The zero-order chi connectivity index (χ0) is 12.3. The number of thiophene rings is 2. The fourth-order valence-corrected chi connectivity index (χ4v) is 2.95. The molecular weight excluding hydrogens is 252 g/mol. The molecule has 0 saturated heterocycles. The van der Waals surface area contributed by atoms with Gasteiger partial charge in [0, 0.05) is 5.38 Å². The number of hydrogen-bond acceptors (Lipinski definition) is 4. The summed E-state index contributed by atoms with van der Waals surface area (Å²) in [6.45, 7) is 1.89. The molecule has 0 spiro atoms. The van der Waals surface area contributed by atoms with Gasteiger partial charge >= 0.3 is 0 Å². The molecule has 0 bridgehead atoms. The van der Waals surface area contributed by atoms with E-state index in [2.05, 4.69) is 11.4 Å². The van der Waals surface area contributed by atoms with Crippen LogP contribution in [0.1, 0.15) is 27.5 Å². The van der Waals surface area contributed by atoms with E-state index in [1.165, 1.54) is 22.7 Å². The highest BCUT2D eigenvalue weighted by Crippen LogP contribution is 2.18. The van der Waals surface area contributed by atoms with Crippen molar-refractivity contribution in [2.75, 3.05) is 0 Å². The van der Waals surface area contributed by atoms with Crippen molar-refractivity contribution < 1.29 is 4.79 Å². The summed E-state index contributed by atoms with van der Waals surface area (Å²) in [6.07, 6.45) is 0. The third-order valence-corrected chi connectivity index (χ3v) is 3.94. The lowest BCUT2D eigenvalue weighted by atomic mass is 10.1. The Morgan fingerprint density at radius 3 is 2.76 bits per heavy atom. The van der Waals surface area contributed by atoms with Gasteiger partial charge in [0.1, 0.15) is 6.04 Å². The molecule has 1 atom stereocenters. The van der Waals surface area contributed by atoms with Crippen molar-refractivity contribution in [1.29, 1.82) is 5.26 Å². The van der Waals surface area contributed by atoms with E-state index in [1.807, 2.05) is 29.1 Å². The molecule has 2 rings (SSSR count). The van der Waals surface area contributed by atoms with Gasteiger partial charge in [0.25, 0.3) is 5.91 Å². The van der Waals surface area contributed by atoms with Crippen molar-refractivity contribution in [3.8, 4) is 6.07 Å². The lowest BCUT2D eigenvalue weighted by Crippen LogP contribution is -2.27. The molecule has 17 heavy (non-hydrogen) atoms. The number of rotatable bonds is 3. The van der Waals surface area contributed by atoms with E-state index in [0.717, 1.165) is 11.1 Å². The van der Waals surface area contributed by atoms with Gasteiger partial charge in [-0.1, -0.05) is 0 Å². The first-order valence-electron chi connectivity index (χ1n) is 4.97. The average Bonchev–Trinajstić information content (AvgIpc) is 2.96. The van der Waals surface area contributed by atoms with E-state index in [0.29, 0.717) is 5.56 Å². The van der Waals surface area contributed by atoms with Crippen molar-refractivity contribution in [2.45, 2.75) is 13.0 Å². The molecule has 2 aromatic rings. The molecule has 5 heteroatoms. The summed E-state index contributed by atoms with van der Waals surface area (Å²) in [5.41, 5.74) is 2.42. The molecule has 0 unspecified atom stereocenters. The number of nitrogens with one attached hydrogen (secondary N) is 1. The molecular formula is C12H10N2OS2. The molecule has 0 aliphatic heterocycles. The minimum atomic E-state index is -0.576. The van der Waals surface area contributed by atoms with Crippen LogP contribution >= 0.6 is 22.7 Å². The largest absolute Gasteiger partial charge is 0.332 e. The van der Waals surface area contributed by atoms with Gasteiger partial charge in [-0.2, -0.15) is 27.9 Å². The minimum absolute atomic E-state index is 0.193. The van der Waals surface area contributed by atoms with Crippen LogP contribution in [0.2, 0.25) is 0 Å². The van der Waals surface area contributed by atoms with Crippen molar-refractivity contribution in [3.05, 3.63) is 44.3 Å². The molecule has 0 radical (unpaired) electrons. The van der Waals surface area contributed by atoms with E-state index in [-0.39, 0.29) is 5.91 Å². The zero-order valence-corrected chi connectivity index (χ0v) is 10.8. The molecule has 1 amide bonds. The third kappa shape index (κ3) is 2.54. The monoisotopic (exact) mass is 262 g/mol. The maximum atomic E-state index is 11.9. The summed E-state index contributed by atoms with van der Waals surface area (Å²) in [4.78, 5) is 11.9. The van der Waals surface area contributed by atoms with E-state index in [9.17, 15) is 4.79 Å². The van der Waals surface area contributed by atoms with Crippen LogP contribution in [0.25, 0.3) is 0 Å². The van der Waals surface area contributed by atoms with Crippen molar-refractivity contribution in [3.63, 3.8) is 0 Å². The Bertz CT molecular complexity index is 551. The molecule has 1 N–H and O–H groups in total. The zero-order valence-electron chi connectivity index (χ0n) is 9.14. The van der Waals surface area contributed by atoms with Crippen LogP contribution in [0.15, 0.2) is 27.6 Å². The Hall–Kier alpha value is -1.64. The summed E-state index contributed by atoms with van der Waals surface area (Å²) in [5.74, 6) is -0.193. The predicted octanol–water partition coefficient (Wildman–Crippen LogP) is 3.11. The lowest BCUT2D eigenvalue weighted by molar-refractivity contribution is 0.0945. The molecule has 2 aromatic heterocycles. The summed E-state index contributed by atoms with van der Waals surface area (Å²) >= 11 is 3.00. The molecule has 0 fully saturated rings. The van der Waals surface area contributed by atoms with Gasteiger partial charge < -0.3 is 5.32 Å². The van der Waals surface area contributed by atoms with Gasteiger partial charge in [0.05, 0.1) is 11.6 Å². The number of nitrogens with zero attached hydrogens (tertiary/aromatic N) is 1. The Kier molecular flexibility index (Phi) is 3.57. The molecule has 0 aromatic carbocycles. The Balaban J connectivity index is 2.14. The molecule has 0 aliphatic rings. The second-order valence-electron chi connectivity index (χ2n) is 3.56. The highest BCUT2D eigenvalue weighted by molar-refractivity contribution is 7.08. The number of carbonyl (C=O) groups excluding carboxylic acids is 1. The van der Waals surface area contributed by atoms with E-state index >= 15 is 0 Å². The Morgan fingerprint density at radius 1 is 1.41 bits per heavy atom. The fraction of sp³-hybridized carbons (Fsp3) is 0.167. The van der Waals surface area contributed by atoms with Crippen molar-refractivity contribution >= 4 is 28.6 Å². The number of aryl methyl sites for hydroxylation is 1. The number of nitriles is 1. The van der Waals surface area contributed by atoms with Gasteiger partial charge in [-0.25, -0.2) is 0 Å². The number of amides is 1. The number of hydrogen-bond donors (Lipinski definition) is 1. The predicted molar refractivity (Wildman–Crippen MR) is 69.2 cm³/mol. The van der Waals surface area contributed by atoms with Gasteiger partial charge in [-0.05, 0) is 40.3 Å². The topological polar surface area (TPSA) is 52.9 Å². The molecule has 3 nitrogen and oxygen atoms in total. The normalized spacial score (nSPS) is 11.8. The maximum Gasteiger partial charge on any atom is 0.253 e. The highest BCUT2D eigenvalue weighted by atomic mass is 32.1. The van der Waals surface area contributed by atoms with Crippen molar-refractivity contribution in [2.24, 2.45) is 0 Å². The van der Waals surface area contributed by atoms with Crippen LogP contribution < -0.4 is 5.32 Å². The smallest absolute Gasteiger partial charge is 0.253 e. The summed E-state index contributed by atoms with van der Waals surface area (Å²) in [5, 5.41) is 19.3.